The molecule has 394 valence electrons. The summed E-state index contributed by atoms with van der Waals surface area (Å²) >= 11 is 0. The highest BCUT2D eigenvalue weighted by molar-refractivity contribution is 6.23. The molecule has 3 saturated heterocycles. The number of piperazine rings is 1. The highest BCUT2D eigenvalue weighted by atomic mass is 16.5. The van der Waals surface area contributed by atoms with E-state index in [1.165, 1.54) is 24.4 Å². The zero-order valence-corrected chi connectivity index (χ0v) is 43.3. The van der Waals surface area contributed by atoms with Crippen LogP contribution in [-0.2, 0) is 40.4 Å². The van der Waals surface area contributed by atoms with Crippen LogP contribution in [0.15, 0.2) is 67.0 Å². The van der Waals surface area contributed by atoms with E-state index < -0.39 is 42.2 Å². The first-order chi connectivity index (χ1) is 36.5. The van der Waals surface area contributed by atoms with Crippen molar-refractivity contribution in [1.82, 2.24) is 34.6 Å². The summed E-state index contributed by atoms with van der Waals surface area (Å²) in [6.45, 7) is 12.6. The van der Waals surface area contributed by atoms with Crippen LogP contribution in [0.5, 0.6) is 5.88 Å². The molecule has 4 atom stereocenters. The molecule has 0 bridgehead atoms. The number of benzene rings is 2. The number of rotatable bonds is 12. The fourth-order valence-electron chi connectivity index (χ4n) is 12.5. The van der Waals surface area contributed by atoms with E-state index in [1.54, 1.807) is 41.6 Å². The zero-order chi connectivity index (χ0) is 53.3. The molecule has 11 rings (SSSR count). The molecule has 0 radical (unpaired) electrons. The van der Waals surface area contributed by atoms with Gasteiger partial charge in [-0.1, -0.05) is 13.8 Å². The number of aromatic nitrogens is 4. The van der Waals surface area contributed by atoms with Crippen molar-refractivity contribution in [1.29, 1.82) is 0 Å². The number of methoxy groups -OCH3 is 1. The molecule has 6 amide bonds. The van der Waals surface area contributed by atoms with Crippen LogP contribution in [0.1, 0.15) is 107 Å². The molecule has 5 N–H and O–H groups in total. The van der Waals surface area contributed by atoms with Gasteiger partial charge in [-0.2, -0.15) is 0 Å². The number of carbonyl (C=O) groups is 6. The molecule has 8 heterocycles. The first kappa shape index (κ1) is 50.2. The molecule has 3 aromatic heterocycles. The average molecular weight is 1030 g/mol. The number of nitrogens with one attached hydrogen (secondary N) is 2. The number of pyridine rings is 1. The van der Waals surface area contributed by atoms with Crippen molar-refractivity contribution in [2.75, 3.05) is 59.9 Å². The normalized spacial score (nSPS) is 22.5. The van der Waals surface area contributed by atoms with Gasteiger partial charge >= 0.3 is 0 Å². The molecule has 5 aliphatic heterocycles. The molecule has 5 aromatic rings. The number of piperidine rings is 2. The molecule has 20 nitrogen and oxygen atoms in total. The SMILES string of the molecule is COc1ncc(-c2ccnc(N3CCn4c(cc5c4CC(C)(C)C5)C3=O)c2CO)nc1Nc1ccc(N2CCN(C3CCN(c4ccc5c(c4)C(=O)N(C4CCC(=O)NC4=O)C5=O)[C@H](C)C3)C[C@@H]2C)c(C=CC(N)=O)c1. The number of amides is 6. The predicted octanol–water partition coefficient (Wildman–Crippen LogP) is 4.84. The zero-order valence-electron chi connectivity index (χ0n) is 43.3. The number of carbonyl (C=O) groups excluding carboxylic acids is 6. The lowest BCUT2D eigenvalue weighted by atomic mass is 9.90. The lowest BCUT2D eigenvalue weighted by Gasteiger charge is -2.48. The second-order valence-electron chi connectivity index (χ2n) is 21.6. The van der Waals surface area contributed by atoms with Gasteiger partial charge in [0.15, 0.2) is 5.82 Å². The van der Waals surface area contributed by atoms with Gasteiger partial charge in [0.25, 0.3) is 23.6 Å². The van der Waals surface area contributed by atoms with E-state index in [0.717, 1.165) is 73.7 Å². The number of ether oxygens (including phenoxy) is 1. The van der Waals surface area contributed by atoms with Crippen molar-refractivity contribution >= 4 is 70.2 Å². The van der Waals surface area contributed by atoms with Crippen LogP contribution < -0.4 is 35.8 Å². The lowest BCUT2D eigenvalue weighted by Crippen LogP contribution is -2.58. The van der Waals surface area contributed by atoms with Gasteiger partial charge in [-0.05, 0) is 112 Å². The largest absolute Gasteiger partial charge is 0.478 e. The average Bonchev–Trinajstić information content (AvgIpc) is 4.01. The maximum atomic E-state index is 14.1. The maximum absolute atomic E-state index is 14.1. The Morgan fingerprint density at radius 2 is 1.71 bits per heavy atom. The molecule has 1 aliphatic carbocycles. The first-order valence-electron chi connectivity index (χ1n) is 26.1. The number of aliphatic hydroxyl groups is 1. The second kappa shape index (κ2) is 19.6. The number of fused-ring (bicyclic) bond motifs is 4. The van der Waals surface area contributed by atoms with Crippen LogP contribution in [0, 0.1) is 5.41 Å². The van der Waals surface area contributed by atoms with E-state index in [0.29, 0.717) is 59.0 Å². The van der Waals surface area contributed by atoms with Crippen LogP contribution >= 0.6 is 0 Å². The maximum Gasteiger partial charge on any atom is 0.276 e. The summed E-state index contributed by atoms with van der Waals surface area (Å²) < 4.78 is 7.82. The van der Waals surface area contributed by atoms with E-state index >= 15 is 0 Å². The smallest absolute Gasteiger partial charge is 0.276 e. The number of aliphatic hydroxyl groups excluding tert-OH is 1. The van der Waals surface area contributed by atoms with E-state index in [9.17, 15) is 33.9 Å². The van der Waals surface area contributed by atoms with Crippen LogP contribution in [0.2, 0.25) is 0 Å². The van der Waals surface area contributed by atoms with Gasteiger partial charge in [-0.15, -0.1) is 0 Å². The summed E-state index contributed by atoms with van der Waals surface area (Å²) in [6.07, 6.45) is 10.0. The Balaban J connectivity index is 0.773. The molecule has 20 heteroatoms. The molecule has 0 spiro atoms. The number of nitrogens with zero attached hydrogens (tertiary/aromatic N) is 9. The Labute approximate surface area is 439 Å². The number of hydrogen-bond donors (Lipinski definition) is 4. The monoisotopic (exact) mass is 1030 g/mol. The minimum absolute atomic E-state index is 0.0624. The third-order valence-electron chi connectivity index (χ3n) is 16.1. The van der Waals surface area contributed by atoms with Crippen molar-refractivity contribution in [2.45, 2.75) is 104 Å². The lowest BCUT2D eigenvalue weighted by molar-refractivity contribution is -0.136. The molecule has 6 aliphatic rings. The summed E-state index contributed by atoms with van der Waals surface area (Å²) in [4.78, 5) is 102. The number of anilines is 5. The van der Waals surface area contributed by atoms with Gasteiger partial charge in [0.1, 0.15) is 17.6 Å². The fraction of sp³-hybridized carbons (Fsp3) is 0.411. The molecular formula is C56H62N12O8. The highest BCUT2D eigenvalue weighted by Gasteiger charge is 2.45. The summed E-state index contributed by atoms with van der Waals surface area (Å²) in [6, 6.07) is 14.5. The van der Waals surface area contributed by atoms with E-state index in [2.05, 4.69) is 67.6 Å². The minimum atomic E-state index is -1.02. The van der Waals surface area contributed by atoms with E-state index in [1.807, 2.05) is 30.3 Å². The van der Waals surface area contributed by atoms with Gasteiger partial charge in [-0.3, -0.25) is 48.8 Å². The molecule has 2 unspecified atom stereocenters. The van der Waals surface area contributed by atoms with Gasteiger partial charge in [-0.25, -0.2) is 15.0 Å². The van der Waals surface area contributed by atoms with Crippen LogP contribution in [-0.4, -0.2) is 134 Å². The first-order valence-corrected chi connectivity index (χ1v) is 26.1. The highest BCUT2D eigenvalue weighted by Crippen LogP contribution is 2.41. The summed E-state index contributed by atoms with van der Waals surface area (Å²) in [5, 5.41) is 16.5. The van der Waals surface area contributed by atoms with Crippen molar-refractivity contribution in [3.8, 4) is 17.1 Å². The minimum Gasteiger partial charge on any atom is -0.478 e. The summed E-state index contributed by atoms with van der Waals surface area (Å²) in [5.41, 5.74) is 14.0. The molecule has 76 heavy (non-hydrogen) atoms. The third-order valence-corrected chi connectivity index (χ3v) is 16.1. The van der Waals surface area contributed by atoms with Gasteiger partial charge in [0.2, 0.25) is 17.7 Å². The number of primary amides is 1. The summed E-state index contributed by atoms with van der Waals surface area (Å²) in [7, 11) is 1.50. The Morgan fingerprint density at radius 3 is 2.46 bits per heavy atom. The van der Waals surface area contributed by atoms with Crippen LogP contribution in [0.25, 0.3) is 17.3 Å². The Hall–Kier alpha value is -7.97. The molecule has 3 fully saturated rings. The van der Waals surface area contributed by atoms with Crippen molar-refractivity contribution < 1.29 is 38.6 Å². The quantitative estimate of drug-likeness (QED) is 0.0966. The Bertz CT molecular complexity index is 3280. The van der Waals surface area contributed by atoms with E-state index in [-0.39, 0.29) is 53.3 Å². The Kier molecular flexibility index (Phi) is 13.0. The van der Waals surface area contributed by atoms with Crippen molar-refractivity contribution in [3.63, 3.8) is 0 Å². The molecular weight excluding hydrogens is 969 g/mol. The van der Waals surface area contributed by atoms with Crippen LogP contribution in [0.4, 0.5) is 28.7 Å². The standard InChI is InChI=1S/C56H62N12O8/c1-31-22-36(15-17-64(31)37-8-9-39-40(25-37)54(74)68(53(39)73)44-11-13-48(71)62-51(44)72)63-18-19-65(32(2)29-63)43-10-7-35(23-33(43)6-12-47(57)70)60-49-52(76-5)59-28-42(61-49)38-14-16-58-50(41(38)30-69)67-21-20-66-45(55(67)75)24-34-26-56(3,4)27-46(34)66/h6-10,12,14,16,23-25,28,31-32,36,44,69H,11,13,15,17-22,26-27,29-30H2,1-5H3,(H2,57,70)(H,60,61)(H,62,71,72)/t31-,32+,36?,44?/m1/s1. The number of hydrogen-bond acceptors (Lipinski definition) is 15. The van der Waals surface area contributed by atoms with E-state index in [4.69, 9.17) is 15.5 Å². The number of imide groups is 2. The third kappa shape index (κ3) is 9.01. The van der Waals surface area contributed by atoms with Gasteiger partial charge in [0, 0.05) is 116 Å². The predicted molar refractivity (Wildman–Crippen MR) is 284 cm³/mol. The molecule has 2 aromatic carbocycles. The summed E-state index contributed by atoms with van der Waals surface area (Å²) in [5.74, 6) is -1.92. The van der Waals surface area contributed by atoms with Crippen molar-refractivity contribution in [2.24, 2.45) is 11.1 Å². The van der Waals surface area contributed by atoms with Gasteiger partial charge in [0.05, 0.1) is 36.7 Å². The molecule has 0 saturated carbocycles. The second-order valence-corrected chi connectivity index (χ2v) is 21.6. The number of nitrogens with two attached hydrogens (primary N) is 1. The van der Waals surface area contributed by atoms with Crippen molar-refractivity contribution in [3.05, 3.63) is 106 Å². The van der Waals surface area contributed by atoms with Crippen LogP contribution in [0.3, 0.4) is 0 Å². The Morgan fingerprint density at radius 1 is 0.895 bits per heavy atom. The fourth-order valence-corrected chi connectivity index (χ4v) is 12.5. The topological polar surface area (TPSA) is 242 Å². The van der Waals surface area contributed by atoms with Gasteiger partial charge < -0.3 is 35.3 Å².